The fourth-order valence-corrected chi connectivity index (χ4v) is 4.52. The number of hydrogen-bond donors (Lipinski definition) is 1. The lowest BCUT2D eigenvalue weighted by atomic mass is 10.1. The Morgan fingerprint density at radius 2 is 1.83 bits per heavy atom. The maximum absolute atomic E-state index is 12.5. The van der Waals surface area contributed by atoms with Crippen molar-refractivity contribution in [3.63, 3.8) is 0 Å². The molecule has 1 aliphatic carbocycles. The number of benzene rings is 2. The van der Waals surface area contributed by atoms with E-state index >= 15 is 0 Å². The number of rotatable bonds is 7. The molecule has 0 aromatic heterocycles. The number of amides is 1. The second kappa shape index (κ2) is 8.65. The van der Waals surface area contributed by atoms with E-state index in [4.69, 9.17) is 0 Å². The summed E-state index contributed by atoms with van der Waals surface area (Å²) in [5.41, 5.74) is 2.32. The number of alkyl halides is 3. The first kappa shape index (κ1) is 22.1. The van der Waals surface area contributed by atoms with Crippen LogP contribution in [0.15, 0.2) is 53.4 Å². The van der Waals surface area contributed by atoms with Crippen LogP contribution in [0.3, 0.4) is 0 Å². The molecule has 0 aliphatic heterocycles. The molecule has 0 saturated carbocycles. The van der Waals surface area contributed by atoms with Crippen LogP contribution < -0.4 is 9.46 Å². The Labute approximate surface area is 172 Å². The van der Waals surface area contributed by atoms with Crippen molar-refractivity contribution < 1.29 is 31.1 Å². The summed E-state index contributed by atoms with van der Waals surface area (Å²) in [7, 11) is -2.27. The van der Waals surface area contributed by atoms with Crippen LogP contribution in [-0.2, 0) is 21.2 Å². The fourth-order valence-electron chi connectivity index (χ4n) is 3.48. The molecule has 1 unspecified atom stereocenters. The van der Waals surface area contributed by atoms with Crippen LogP contribution in [0.1, 0.15) is 30.0 Å². The zero-order chi connectivity index (χ0) is 21.9. The quantitative estimate of drug-likeness (QED) is 0.713. The lowest BCUT2D eigenvalue weighted by molar-refractivity contribution is -0.274. The smallest absolute Gasteiger partial charge is 0.406 e. The Morgan fingerprint density at radius 3 is 2.50 bits per heavy atom. The van der Waals surface area contributed by atoms with Crippen LogP contribution in [0.25, 0.3) is 0 Å². The Hall–Kier alpha value is -2.59. The molecule has 162 valence electrons. The number of carbonyl (C=O) groups is 1. The largest absolute Gasteiger partial charge is 0.573 e. The third-order valence-corrected chi connectivity index (χ3v) is 6.44. The normalized spacial score (nSPS) is 16.2. The van der Waals surface area contributed by atoms with E-state index in [1.165, 1.54) is 5.56 Å². The predicted octanol–water partition coefficient (Wildman–Crippen LogP) is 3.40. The van der Waals surface area contributed by atoms with Gasteiger partial charge >= 0.3 is 6.36 Å². The summed E-state index contributed by atoms with van der Waals surface area (Å²) >= 11 is 0. The van der Waals surface area contributed by atoms with Crippen LogP contribution >= 0.6 is 0 Å². The van der Waals surface area contributed by atoms with Gasteiger partial charge in [-0.3, -0.25) is 4.79 Å². The summed E-state index contributed by atoms with van der Waals surface area (Å²) in [5.74, 6) is -0.719. The van der Waals surface area contributed by atoms with Gasteiger partial charge in [0.1, 0.15) is 5.75 Å². The van der Waals surface area contributed by atoms with Crippen molar-refractivity contribution in [1.29, 1.82) is 0 Å². The van der Waals surface area contributed by atoms with Gasteiger partial charge in [-0.2, -0.15) is 0 Å². The van der Waals surface area contributed by atoms with Gasteiger partial charge in [0.15, 0.2) is 0 Å². The number of fused-ring (bicyclic) bond motifs is 1. The average molecular weight is 442 g/mol. The molecule has 1 atom stereocenters. The molecule has 0 spiro atoms. The molecule has 1 aliphatic rings. The standard InChI is InChI=1S/C20H21F3N2O4S/c1-25(18-11-6-14-4-2-3-5-17(14)18)19(26)12-13-24-30(27,28)16-9-7-15(8-10-16)29-20(21,22)23/h2-5,7-10,18,24H,6,11-13H2,1H3. The molecule has 0 radical (unpaired) electrons. The zero-order valence-electron chi connectivity index (χ0n) is 16.1. The number of halogens is 3. The molecule has 2 aromatic rings. The van der Waals surface area contributed by atoms with E-state index in [0.29, 0.717) is 0 Å². The van der Waals surface area contributed by atoms with Crippen molar-refractivity contribution in [3.05, 3.63) is 59.7 Å². The predicted molar refractivity (Wildman–Crippen MR) is 103 cm³/mol. The van der Waals surface area contributed by atoms with Gasteiger partial charge in [-0.05, 0) is 48.2 Å². The van der Waals surface area contributed by atoms with Crippen LogP contribution in [0.2, 0.25) is 0 Å². The second-order valence-electron chi connectivity index (χ2n) is 6.92. The van der Waals surface area contributed by atoms with Crippen LogP contribution in [0.5, 0.6) is 5.75 Å². The first-order chi connectivity index (χ1) is 14.1. The molecule has 0 fully saturated rings. The number of sulfonamides is 1. The summed E-state index contributed by atoms with van der Waals surface area (Å²) in [6.07, 6.45) is -3.19. The fraction of sp³-hybridized carbons (Fsp3) is 0.350. The van der Waals surface area contributed by atoms with Crippen LogP contribution in [0, 0.1) is 0 Å². The van der Waals surface area contributed by atoms with Gasteiger partial charge in [-0.25, -0.2) is 13.1 Å². The molecule has 10 heteroatoms. The molecule has 1 amide bonds. The summed E-state index contributed by atoms with van der Waals surface area (Å²) < 4.78 is 67.2. The number of nitrogens with one attached hydrogen (secondary N) is 1. The minimum atomic E-state index is -4.86. The third-order valence-electron chi connectivity index (χ3n) is 4.96. The molecule has 0 saturated heterocycles. The average Bonchev–Trinajstić information content (AvgIpc) is 3.10. The Kier molecular flexibility index (Phi) is 6.37. The van der Waals surface area contributed by atoms with Gasteiger partial charge in [0.05, 0.1) is 10.9 Å². The van der Waals surface area contributed by atoms with E-state index in [0.717, 1.165) is 42.7 Å². The molecule has 30 heavy (non-hydrogen) atoms. The Bertz CT molecular complexity index is 1010. The number of carbonyl (C=O) groups excluding carboxylic acids is 1. The second-order valence-corrected chi connectivity index (χ2v) is 8.69. The van der Waals surface area contributed by atoms with E-state index < -0.39 is 22.1 Å². The number of aryl methyl sites for hydroxylation is 1. The SMILES string of the molecule is CN(C(=O)CCNS(=O)(=O)c1ccc(OC(F)(F)F)cc1)C1CCc2ccccc21. The van der Waals surface area contributed by atoms with Crippen molar-refractivity contribution in [2.75, 3.05) is 13.6 Å². The third kappa shape index (κ3) is 5.31. The molecule has 1 N–H and O–H groups in total. The number of hydrogen-bond acceptors (Lipinski definition) is 4. The van der Waals surface area contributed by atoms with Gasteiger partial charge in [0, 0.05) is 20.0 Å². The van der Waals surface area contributed by atoms with Gasteiger partial charge in [-0.1, -0.05) is 24.3 Å². The topological polar surface area (TPSA) is 75.7 Å². The van der Waals surface area contributed by atoms with Crippen LogP contribution in [-0.4, -0.2) is 39.2 Å². The molecule has 0 bridgehead atoms. The van der Waals surface area contributed by atoms with Gasteiger partial charge < -0.3 is 9.64 Å². The van der Waals surface area contributed by atoms with E-state index in [-0.39, 0.29) is 29.8 Å². The molecule has 3 rings (SSSR count). The van der Waals surface area contributed by atoms with Crippen molar-refractivity contribution >= 4 is 15.9 Å². The van der Waals surface area contributed by atoms with Crippen molar-refractivity contribution in [2.45, 2.75) is 36.6 Å². The summed E-state index contributed by atoms with van der Waals surface area (Å²) in [5, 5.41) is 0. The van der Waals surface area contributed by atoms with E-state index in [1.54, 1.807) is 11.9 Å². The summed E-state index contributed by atoms with van der Waals surface area (Å²) in [4.78, 5) is 13.9. The lowest BCUT2D eigenvalue weighted by Gasteiger charge is -2.25. The van der Waals surface area contributed by atoms with Crippen LogP contribution in [0.4, 0.5) is 13.2 Å². The first-order valence-corrected chi connectivity index (χ1v) is 10.7. The highest BCUT2D eigenvalue weighted by Gasteiger charge is 2.31. The van der Waals surface area contributed by atoms with Crippen molar-refractivity contribution in [3.8, 4) is 5.75 Å². The monoisotopic (exact) mass is 442 g/mol. The maximum Gasteiger partial charge on any atom is 0.573 e. The van der Waals surface area contributed by atoms with Crippen molar-refractivity contribution in [2.24, 2.45) is 0 Å². The minimum Gasteiger partial charge on any atom is -0.406 e. The lowest BCUT2D eigenvalue weighted by Crippen LogP contribution is -2.34. The molecule has 0 heterocycles. The van der Waals surface area contributed by atoms with E-state index in [1.807, 2.05) is 24.3 Å². The van der Waals surface area contributed by atoms with Crippen molar-refractivity contribution in [1.82, 2.24) is 9.62 Å². The zero-order valence-corrected chi connectivity index (χ0v) is 17.0. The number of nitrogens with zero attached hydrogens (tertiary/aromatic N) is 1. The van der Waals surface area contributed by atoms with Gasteiger partial charge in [0.2, 0.25) is 15.9 Å². The molecule has 6 nitrogen and oxygen atoms in total. The first-order valence-electron chi connectivity index (χ1n) is 9.26. The highest BCUT2D eigenvalue weighted by molar-refractivity contribution is 7.89. The van der Waals surface area contributed by atoms with E-state index in [2.05, 4.69) is 9.46 Å². The highest BCUT2D eigenvalue weighted by Crippen LogP contribution is 2.35. The minimum absolute atomic E-state index is 0.0357. The van der Waals surface area contributed by atoms with Gasteiger partial charge in [-0.15, -0.1) is 13.2 Å². The molecular weight excluding hydrogens is 421 g/mol. The molecule has 2 aromatic carbocycles. The number of ether oxygens (including phenoxy) is 1. The Morgan fingerprint density at radius 1 is 1.17 bits per heavy atom. The molecular formula is C20H21F3N2O4S. The summed E-state index contributed by atoms with van der Waals surface area (Å²) in [6, 6.07) is 11.7. The summed E-state index contributed by atoms with van der Waals surface area (Å²) in [6.45, 7) is -0.124. The maximum atomic E-state index is 12.5. The highest BCUT2D eigenvalue weighted by atomic mass is 32.2. The Balaban J connectivity index is 1.54. The van der Waals surface area contributed by atoms with Gasteiger partial charge in [0.25, 0.3) is 0 Å². The van der Waals surface area contributed by atoms with E-state index in [9.17, 15) is 26.4 Å².